The van der Waals surface area contributed by atoms with E-state index in [1.165, 1.54) is 18.9 Å². The van der Waals surface area contributed by atoms with E-state index in [1.807, 2.05) is 18.2 Å². The molecule has 0 aliphatic carbocycles. The number of aromatic nitrogens is 1. The van der Waals surface area contributed by atoms with Crippen LogP contribution in [0.15, 0.2) is 24.4 Å². The smallest absolute Gasteiger partial charge is 0.340 e. The molecule has 0 radical (unpaired) electrons. The van der Waals surface area contributed by atoms with Gasteiger partial charge in [-0.25, -0.2) is 4.79 Å². The Labute approximate surface area is 111 Å². The third kappa shape index (κ3) is 2.31. The Bertz CT molecular complexity index is 596. The number of pyridine rings is 1. The van der Waals surface area contributed by atoms with Crippen molar-refractivity contribution in [1.29, 1.82) is 0 Å². The fourth-order valence-electron chi connectivity index (χ4n) is 1.90. The first kappa shape index (κ1) is 12.8. The van der Waals surface area contributed by atoms with E-state index in [1.54, 1.807) is 0 Å². The topological polar surface area (TPSA) is 39.2 Å². The van der Waals surface area contributed by atoms with Crippen molar-refractivity contribution >= 4 is 28.5 Å². The lowest BCUT2D eigenvalue weighted by atomic mass is 10.1. The zero-order valence-electron chi connectivity index (χ0n) is 10.4. The van der Waals surface area contributed by atoms with Gasteiger partial charge in [0, 0.05) is 11.6 Å². The number of ether oxygens (including phenoxy) is 1. The summed E-state index contributed by atoms with van der Waals surface area (Å²) >= 11 is 6.25. The fraction of sp³-hybridized carbons (Fsp3) is 0.286. The Morgan fingerprint density at radius 3 is 2.89 bits per heavy atom. The van der Waals surface area contributed by atoms with E-state index in [9.17, 15) is 4.79 Å². The van der Waals surface area contributed by atoms with Gasteiger partial charge in [-0.1, -0.05) is 31.0 Å². The van der Waals surface area contributed by atoms with Crippen molar-refractivity contribution in [3.63, 3.8) is 0 Å². The van der Waals surface area contributed by atoms with E-state index in [0.717, 1.165) is 23.7 Å². The summed E-state index contributed by atoms with van der Waals surface area (Å²) in [6, 6.07) is 5.95. The lowest BCUT2D eigenvalue weighted by molar-refractivity contribution is 0.0600. The lowest BCUT2D eigenvalue weighted by Gasteiger charge is -2.07. The van der Waals surface area contributed by atoms with E-state index < -0.39 is 5.97 Å². The Hall–Kier alpha value is -1.61. The molecule has 2 rings (SSSR count). The molecule has 0 atom stereocenters. The molecule has 18 heavy (non-hydrogen) atoms. The predicted octanol–water partition coefficient (Wildman–Crippen LogP) is 3.63. The number of fused-ring (bicyclic) bond motifs is 1. The van der Waals surface area contributed by atoms with Crippen molar-refractivity contribution in [2.45, 2.75) is 19.8 Å². The second-order valence-electron chi connectivity index (χ2n) is 4.08. The standard InChI is InChI=1S/C14H14ClNO2/c1-3-4-9-5-6-12-10(7-9)13(15)11(8-16-12)14(17)18-2/h5-8H,3-4H2,1-2H3. The van der Waals surface area contributed by atoms with E-state index in [0.29, 0.717) is 10.6 Å². The Morgan fingerprint density at radius 1 is 1.44 bits per heavy atom. The van der Waals surface area contributed by atoms with Crippen molar-refractivity contribution in [1.82, 2.24) is 4.98 Å². The van der Waals surface area contributed by atoms with E-state index in [-0.39, 0.29) is 0 Å². The van der Waals surface area contributed by atoms with Crippen LogP contribution >= 0.6 is 11.6 Å². The van der Waals surface area contributed by atoms with Gasteiger partial charge in [-0.05, 0) is 24.1 Å². The van der Waals surface area contributed by atoms with Gasteiger partial charge in [-0.15, -0.1) is 0 Å². The number of nitrogens with zero attached hydrogens (tertiary/aromatic N) is 1. The minimum absolute atomic E-state index is 0.306. The van der Waals surface area contributed by atoms with Crippen molar-refractivity contribution in [3.8, 4) is 0 Å². The number of rotatable bonds is 3. The molecule has 0 saturated heterocycles. The van der Waals surface area contributed by atoms with Crippen LogP contribution in [-0.2, 0) is 11.2 Å². The third-order valence-electron chi connectivity index (χ3n) is 2.81. The van der Waals surface area contributed by atoms with Crippen molar-refractivity contribution in [3.05, 3.63) is 40.5 Å². The molecule has 2 aromatic rings. The second-order valence-corrected chi connectivity index (χ2v) is 4.46. The van der Waals surface area contributed by atoms with Gasteiger partial charge in [-0.2, -0.15) is 0 Å². The SMILES string of the molecule is CCCc1ccc2ncc(C(=O)OC)c(Cl)c2c1. The van der Waals surface area contributed by atoms with E-state index >= 15 is 0 Å². The number of hydrogen-bond acceptors (Lipinski definition) is 3. The van der Waals surface area contributed by atoms with E-state index in [2.05, 4.69) is 16.6 Å². The highest BCUT2D eigenvalue weighted by atomic mass is 35.5. The van der Waals surface area contributed by atoms with Crippen molar-refractivity contribution < 1.29 is 9.53 Å². The zero-order chi connectivity index (χ0) is 13.1. The third-order valence-corrected chi connectivity index (χ3v) is 3.22. The molecule has 4 heteroatoms. The molecule has 94 valence electrons. The predicted molar refractivity (Wildman–Crippen MR) is 72.1 cm³/mol. The number of carbonyl (C=O) groups is 1. The summed E-state index contributed by atoms with van der Waals surface area (Å²) in [4.78, 5) is 15.8. The summed E-state index contributed by atoms with van der Waals surface area (Å²) in [5.74, 6) is -0.463. The van der Waals surface area contributed by atoms with Crippen LogP contribution in [0.1, 0.15) is 29.3 Å². The molecular weight excluding hydrogens is 250 g/mol. The maximum absolute atomic E-state index is 11.5. The minimum atomic E-state index is -0.463. The summed E-state index contributed by atoms with van der Waals surface area (Å²) in [5.41, 5.74) is 2.28. The lowest BCUT2D eigenvalue weighted by Crippen LogP contribution is -2.03. The number of halogens is 1. The Kier molecular flexibility index (Phi) is 3.82. The number of benzene rings is 1. The molecule has 1 heterocycles. The highest BCUT2D eigenvalue weighted by Crippen LogP contribution is 2.27. The first-order chi connectivity index (χ1) is 8.67. The second kappa shape index (κ2) is 5.36. The van der Waals surface area contributed by atoms with Crippen LogP contribution in [0.4, 0.5) is 0 Å². The molecule has 0 spiro atoms. The molecular formula is C14H14ClNO2. The first-order valence-corrected chi connectivity index (χ1v) is 6.20. The molecule has 0 bridgehead atoms. The summed E-state index contributed by atoms with van der Waals surface area (Å²) in [6.45, 7) is 2.12. The summed E-state index contributed by atoms with van der Waals surface area (Å²) in [6.07, 6.45) is 3.50. The first-order valence-electron chi connectivity index (χ1n) is 5.82. The van der Waals surface area contributed by atoms with Gasteiger partial charge in [0.1, 0.15) is 0 Å². The fourth-order valence-corrected chi connectivity index (χ4v) is 2.18. The summed E-state index contributed by atoms with van der Waals surface area (Å²) in [5, 5.41) is 1.20. The van der Waals surface area contributed by atoms with Crippen LogP contribution in [-0.4, -0.2) is 18.1 Å². The summed E-state index contributed by atoms with van der Waals surface area (Å²) in [7, 11) is 1.33. The van der Waals surface area contributed by atoms with Gasteiger partial charge in [-0.3, -0.25) is 4.98 Å². The van der Waals surface area contributed by atoms with Crippen LogP contribution in [0.5, 0.6) is 0 Å². The maximum atomic E-state index is 11.5. The Morgan fingerprint density at radius 2 is 2.22 bits per heavy atom. The van der Waals surface area contributed by atoms with Crippen LogP contribution < -0.4 is 0 Å². The van der Waals surface area contributed by atoms with Gasteiger partial charge in [0.15, 0.2) is 0 Å². The minimum Gasteiger partial charge on any atom is -0.465 e. The molecule has 0 saturated carbocycles. The van der Waals surface area contributed by atoms with Crippen LogP contribution in [0, 0.1) is 0 Å². The number of aryl methyl sites for hydroxylation is 1. The molecule has 0 aliphatic rings. The zero-order valence-corrected chi connectivity index (χ0v) is 11.1. The molecule has 0 unspecified atom stereocenters. The highest BCUT2D eigenvalue weighted by molar-refractivity contribution is 6.38. The normalized spacial score (nSPS) is 10.6. The van der Waals surface area contributed by atoms with Gasteiger partial charge in [0.25, 0.3) is 0 Å². The molecule has 3 nitrogen and oxygen atoms in total. The van der Waals surface area contributed by atoms with Crippen molar-refractivity contribution in [2.75, 3.05) is 7.11 Å². The van der Waals surface area contributed by atoms with Gasteiger partial charge in [0.05, 0.1) is 23.2 Å². The number of hydrogen-bond donors (Lipinski definition) is 0. The maximum Gasteiger partial charge on any atom is 0.340 e. The quantitative estimate of drug-likeness (QED) is 0.794. The largest absolute Gasteiger partial charge is 0.465 e. The van der Waals surface area contributed by atoms with Gasteiger partial charge in [0.2, 0.25) is 0 Å². The molecule has 0 amide bonds. The van der Waals surface area contributed by atoms with Crippen molar-refractivity contribution in [2.24, 2.45) is 0 Å². The van der Waals surface area contributed by atoms with Gasteiger partial charge >= 0.3 is 5.97 Å². The monoisotopic (exact) mass is 263 g/mol. The molecule has 0 N–H and O–H groups in total. The van der Waals surface area contributed by atoms with Crippen LogP contribution in [0.2, 0.25) is 5.02 Å². The van der Waals surface area contributed by atoms with Crippen LogP contribution in [0.3, 0.4) is 0 Å². The molecule has 1 aromatic carbocycles. The van der Waals surface area contributed by atoms with E-state index in [4.69, 9.17) is 11.6 Å². The number of methoxy groups -OCH3 is 1. The summed E-state index contributed by atoms with van der Waals surface area (Å²) < 4.78 is 4.68. The van der Waals surface area contributed by atoms with Gasteiger partial charge < -0.3 is 4.74 Å². The molecule has 0 aliphatic heterocycles. The average Bonchev–Trinajstić information content (AvgIpc) is 2.39. The number of esters is 1. The average molecular weight is 264 g/mol. The highest BCUT2D eigenvalue weighted by Gasteiger charge is 2.14. The molecule has 1 aromatic heterocycles. The van der Waals surface area contributed by atoms with Crippen LogP contribution in [0.25, 0.3) is 10.9 Å². The Balaban J connectivity index is 2.60. The molecule has 0 fully saturated rings. The number of carbonyl (C=O) groups excluding carboxylic acids is 1.